The van der Waals surface area contributed by atoms with E-state index >= 15 is 0 Å². The second-order valence-corrected chi connectivity index (χ2v) is 5.91. The Kier molecular flexibility index (Phi) is 6.36. The first-order valence-corrected chi connectivity index (χ1v) is 8.94. The molecule has 0 saturated carbocycles. The maximum absolute atomic E-state index is 13.1. The van der Waals surface area contributed by atoms with Crippen molar-refractivity contribution in [1.82, 2.24) is 4.98 Å². The number of para-hydroxylation sites is 2. The zero-order valence-corrected chi connectivity index (χ0v) is 15.6. The minimum atomic E-state index is -1.13. The number of amides is 1. The van der Waals surface area contributed by atoms with Gasteiger partial charge in [-0.05, 0) is 41.1 Å². The SMILES string of the molecule is CCOc1ccccc1NC(=O)C(Oc1cccnc1[N+](=O)[O-])c1ccccc1. The van der Waals surface area contributed by atoms with Crippen molar-refractivity contribution >= 4 is 17.4 Å². The Labute approximate surface area is 167 Å². The molecule has 29 heavy (non-hydrogen) atoms. The zero-order chi connectivity index (χ0) is 20.6. The van der Waals surface area contributed by atoms with Crippen LogP contribution in [0, 0.1) is 10.1 Å². The van der Waals surface area contributed by atoms with Gasteiger partial charge in [-0.25, -0.2) is 0 Å². The molecule has 1 unspecified atom stereocenters. The van der Waals surface area contributed by atoms with Gasteiger partial charge in [0.25, 0.3) is 5.91 Å². The van der Waals surface area contributed by atoms with Crippen molar-refractivity contribution in [3.05, 3.63) is 88.6 Å². The van der Waals surface area contributed by atoms with Gasteiger partial charge in [-0.2, -0.15) is 0 Å². The van der Waals surface area contributed by atoms with E-state index < -0.39 is 22.8 Å². The maximum Gasteiger partial charge on any atom is 0.406 e. The highest BCUT2D eigenvalue weighted by Gasteiger charge is 2.27. The van der Waals surface area contributed by atoms with Crippen molar-refractivity contribution in [2.75, 3.05) is 11.9 Å². The van der Waals surface area contributed by atoms with Crippen molar-refractivity contribution in [1.29, 1.82) is 0 Å². The van der Waals surface area contributed by atoms with Crippen LogP contribution in [0.4, 0.5) is 11.5 Å². The minimum Gasteiger partial charge on any atom is -0.492 e. The predicted molar refractivity (Wildman–Crippen MR) is 107 cm³/mol. The number of nitrogens with zero attached hydrogens (tertiary/aromatic N) is 2. The molecule has 148 valence electrons. The molecule has 8 nitrogen and oxygen atoms in total. The number of hydrogen-bond donors (Lipinski definition) is 1. The lowest BCUT2D eigenvalue weighted by atomic mass is 10.1. The molecule has 0 aliphatic carbocycles. The van der Waals surface area contributed by atoms with Crippen LogP contribution in [-0.4, -0.2) is 22.4 Å². The van der Waals surface area contributed by atoms with Gasteiger partial charge in [0.15, 0.2) is 0 Å². The molecule has 1 N–H and O–H groups in total. The lowest BCUT2D eigenvalue weighted by molar-refractivity contribution is -0.390. The topological polar surface area (TPSA) is 104 Å². The second kappa shape index (κ2) is 9.32. The lowest BCUT2D eigenvalue weighted by Crippen LogP contribution is -2.26. The maximum atomic E-state index is 13.1. The van der Waals surface area contributed by atoms with Gasteiger partial charge in [-0.3, -0.25) is 4.79 Å². The Morgan fingerprint density at radius 1 is 1.07 bits per heavy atom. The first-order valence-electron chi connectivity index (χ1n) is 8.94. The van der Waals surface area contributed by atoms with Gasteiger partial charge in [0, 0.05) is 5.56 Å². The molecule has 0 aliphatic heterocycles. The summed E-state index contributed by atoms with van der Waals surface area (Å²) in [6.45, 7) is 2.28. The number of rotatable bonds is 8. The molecule has 0 aliphatic rings. The Morgan fingerprint density at radius 2 is 1.76 bits per heavy atom. The Bertz CT molecular complexity index is 994. The van der Waals surface area contributed by atoms with Crippen LogP contribution < -0.4 is 14.8 Å². The normalized spacial score (nSPS) is 11.3. The minimum absolute atomic E-state index is 0.0976. The van der Waals surface area contributed by atoms with Crippen LogP contribution in [0.2, 0.25) is 0 Å². The summed E-state index contributed by atoms with van der Waals surface area (Å²) in [4.78, 5) is 27.4. The lowest BCUT2D eigenvalue weighted by Gasteiger charge is -2.20. The van der Waals surface area contributed by atoms with Crippen molar-refractivity contribution in [3.8, 4) is 11.5 Å². The third kappa shape index (κ3) is 4.86. The molecule has 8 heteroatoms. The molecule has 1 amide bonds. The monoisotopic (exact) mass is 393 g/mol. The first kappa shape index (κ1) is 19.8. The third-order valence-electron chi connectivity index (χ3n) is 3.95. The fourth-order valence-corrected chi connectivity index (χ4v) is 2.69. The number of hydrogen-bond acceptors (Lipinski definition) is 6. The van der Waals surface area contributed by atoms with Crippen LogP contribution in [0.3, 0.4) is 0 Å². The standard InChI is InChI=1S/C21H19N3O5/c1-2-28-17-12-7-6-11-16(17)23-21(25)19(15-9-4-3-5-10-15)29-18-13-8-14-22-20(18)24(26)27/h3-14,19H,2H2,1H3,(H,23,25). The molecule has 0 saturated heterocycles. The average Bonchev–Trinajstić information content (AvgIpc) is 2.74. The number of ether oxygens (including phenoxy) is 2. The van der Waals surface area contributed by atoms with E-state index in [1.807, 2.05) is 6.92 Å². The largest absolute Gasteiger partial charge is 0.492 e. The van der Waals surface area contributed by atoms with Crippen molar-refractivity contribution in [3.63, 3.8) is 0 Å². The molecule has 2 aromatic carbocycles. The Morgan fingerprint density at radius 3 is 2.48 bits per heavy atom. The highest BCUT2D eigenvalue weighted by Crippen LogP contribution is 2.31. The van der Waals surface area contributed by atoms with Gasteiger partial charge in [-0.1, -0.05) is 42.5 Å². The summed E-state index contributed by atoms with van der Waals surface area (Å²) in [6, 6.07) is 18.6. The summed E-state index contributed by atoms with van der Waals surface area (Å²) < 4.78 is 11.3. The van der Waals surface area contributed by atoms with E-state index in [1.165, 1.54) is 18.3 Å². The Hall–Kier alpha value is -3.94. The fraction of sp³-hybridized carbons (Fsp3) is 0.143. The summed E-state index contributed by atoms with van der Waals surface area (Å²) >= 11 is 0. The number of nitrogens with one attached hydrogen (secondary N) is 1. The van der Waals surface area contributed by atoms with E-state index in [9.17, 15) is 14.9 Å². The molecular formula is C21H19N3O5. The van der Waals surface area contributed by atoms with Crippen molar-refractivity contribution < 1.29 is 19.2 Å². The summed E-state index contributed by atoms with van der Waals surface area (Å²) in [5.41, 5.74) is 1.02. The molecule has 0 bridgehead atoms. The van der Waals surface area contributed by atoms with E-state index in [2.05, 4.69) is 10.3 Å². The van der Waals surface area contributed by atoms with E-state index in [0.717, 1.165) is 0 Å². The van der Waals surface area contributed by atoms with Gasteiger partial charge in [0.2, 0.25) is 11.9 Å². The predicted octanol–water partition coefficient (Wildman–Crippen LogP) is 4.15. The van der Waals surface area contributed by atoms with Gasteiger partial charge < -0.3 is 24.9 Å². The van der Waals surface area contributed by atoms with Crippen LogP contribution in [0.15, 0.2) is 72.9 Å². The smallest absolute Gasteiger partial charge is 0.406 e. The number of carbonyl (C=O) groups excluding carboxylic acids is 1. The number of anilines is 1. The number of carbonyl (C=O) groups is 1. The van der Waals surface area contributed by atoms with Crippen molar-refractivity contribution in [2.45, 2.75) is 13.0 Å². The van der Waals surface area contributed by atoms with Crippen LogP contribution in [0.5, 0.6) is 11.5 Å². The molecule has 1 atom stereocenters. The number of nitro groups is 1. The average molecular weight is 393 g/mol. The summed E-state index contributed by atoms with van der Waals surface area (Å²) in [6.07, 6.45) is 0.162. The second-order valence-electron chi connectivity index (χ2n) is 5.91. The quantitative estimate of drug-likeness (QED) is 0.455. The summed E-state index contributed by atoms with van der Waals surface area (Å²) in [5.74, 6) is -0.542. The Balaban J connectivity index is 1.93. The molecular weight excluding hydrogens is 374 g/mol. The highest BCUT2D eigenvalue weighted by atomic mass is 16.6. The molecule has 0 spiro atoms. The van der Waals surface area contributed by atoms with E-state index in [0.29, 0.717) is 23.6 Å². The van der Waals surface area contributed by atoms with E-state index in [4.69, 9.17) is 9.47 Å². The molecule has 1 aromatic heterocycles. The molecule has 1 heterocycles. The molecule has 0 fully saturated rings. The number of aromatic nitrogens is 1. The van der Waals surface area contributed by atoms with Crippen molar-refractivity contribution in [2.24, 2.45) is 0 Å². The van der Waals surface area contributed by atoms with Crippen LogP contribution >= 0.6 is 0 Å². The van der Waals surface area contributed by atoms with Gasteiger partial charge in [0.05, 0.1) is 12.3 Å². The van der Waals surface area contributed by atoms with Gasteiger partial charge in [0.1, 0.15) is 11.9 Å². The number of pyridine rings is 1. The zero-order valence-electron chi connectivity index (χ0n) is 15.6. The number of benzene rings is 2. The summed E-state index contributed by atoms with van der Waals surface area (Å²) in [7, 11) is 0. The van der Waals surface area contributed by atoms with Crippen LogP contribution in [-0.2, 0) is 4.79 Å². The highest BCUT2D eigenvalue weighted by molar-refractivity contribution is 5.96. The first-order chi connectivity index (χ1) is 14.1. The van der Waals surface area contributed by atoms with Gasteiger partial charge in [-0.15, -0.1) is 0 Å². The summed E-state index contributed by atoms with van der Waals surface area (Å²) in [5, 5.41) is 14.0. The fourth-order valence-electron chi connectivity index (χ4n) is 2.69. The van der Waals surface area contributed by atoms with Crippen LogP contribution in [0.1, 0.15) is 18.6 Å². The van der Waals surface area contributed by atoms with E-state index in [1.54, 1.807) is 54.6 Å². The van der Waals surface area contributed by atoms with Crippen LogP contribution in [0.25, 0.3) is 0 Å². The van der Waals surface area contributed by atoms with Gasteiger partial charge >= 0.3 is 5.82 Å². The molecule has 3 aromatic rings. The van der Waals surface area contributed by atoms with E-state index in [-0.39, 0.29) is 5.75 Å². The molecule has 0 radical (unpaired) electrons. The third-order valence-corrected chi connectivity index (χ3v) is 3.95. The molecule has 3 rings (SSSR count).